The highest BCUT2D eigenvalue weighted by Gasteiger charge is 2.27. The summed E-state index contributed by atoms with van der Waals surface area (Å²) in [6.07, 6.45) is 3.70. The number of carbonyl (C=O) groups is 1. The fourth-order valence-corrected chi connectivity index (χ4v) is 4.94. The van der Waals surface area contributed by atoms with E-state index in [1.54, 1.807) is 6.20 Å². The third kappa shape index (κ3) is 4.20. The van der Waals surface area contributed by atoms with Crippen LogP contribution in [-0.4, -0.2) is 54.3 Å². The minimum Gasteiger partial charge on any atom is -0.379 e. The smallest absolute Gasteiger partial charge is 0.243 e. The maximum atomic E-state index is 12.9. The molecule has 3 aromatic rings. The Morgan fingerprint density at radius 3 is 2.77 bits per heavy atom. The maximum absolute atomic E-state index is 12.9. The van der Waals surface area contributed by atoms with E-state index in [-0.39, 0.29) is 27.9 Å². The first-order chi connectivity index (χ1) is 14.3. The molecule has 1 aliphatic rings. The van der Waals surface area contributed by atoms with E-state index in [9.17, 15) is 13.2 Å². The van der Waals surface area contributed by atoms with Gasteiger partial charge in [-0.3, -0.25) is 4.79 Å². The van der Waals surface area contributed by atoms with Crippen LogP contribution in [0.5, 0.6) is 0 Å². The SMILES string of the molecule is Cc1cccn2cc(CC(=O)Nc3cc(S(=O)(=O)N4CCOCC4)ccc3Cl)nc12. The summed E-state index contributed by atoms with van der Waals surface area (Å²) in [7, 11) is -3.69. The molecule has 1 aromatic carbocycles. The van der Waals surface area contributed by atoms with Crippen molar-refractivity contribution >= 4 is 38.9 Å². The molecule has 0 unspecified atom stereocenters. The molecule has 3 heterocycles. The zero-order chi connectivity index (χ0) is 21.3. The first-order valence-electron chi connectivity index (χ1n) is 9.45. The number of nitrogens with zero attached hydrogens (tertiary/aromatic N) is 3. The van der Waals surface area contributed by atoms with Gasteiger partial charge in [0, 0.05) is 25.5 Å². The van der Waals surface area contributed by atoms with Gasteiger partial charge in [-0.25, -0.2) is 13.4 Å². The van der Waals surface area contributed by atoms with Gasteiger partial charge in [-0.15, -0.1) is 0 Å². The number of halogens is 1. The molecule has 0 aliphatic carbocycles. The number of amides is 1. The van der Waals surface area contributed by atoms with Crippen molar-refractivity contribution in [2.45, 2.75) is 18.2 Å². The number of carbonyl (C=O) groups excluding carboxylic acids is 1. The number of morpholine rings is 1. The van der Waals surface area contributed by atoms with Gasteiger partial charge in [-0.1, -0.05) is 17.7 Å². The van der Waals surface area contributed by atoms with Crippen LogP contribution >= 0.6 is 11.6 Å². The number of ether oxygens (including phenoxy) is 1. The summed E-state index contributed by atoms with van der Waals surface area (Å²) in [6.45, 7) is 3.25. The Bertz CT molecular complexity index is 1200. The molecule has 2 aromatic heterocycles. The fourth-order valence-electron chi connectivity index (χ4n) is 3.35. The van der Waals surface area contributed by atoms with E-state index in [0.29, 0.717) is 32.0 Å². The topological polar surface area (TPSA) is 93.0 Å². The van der Waals surface area contributed by atoms with Crippen LogP contribution in [0.15, 0.2) is 47.6 Å². The number of aromatic nitrogens is 2. The monoisotopic (exact) mass is 448 g/mol. The van der Waals surface area contributed by atoms with Crippen LogP contribution in [0.25, 0.3) is 5.65 Å². The lowest BCUT2D eigenvalue weighted by atomic mass is 10.2. The molecular weight excluding hydrogens is 428 g/mol. The molecule has 0 spiro atoms. The summed E-state index contributed by atoms with van der Waals surface area (Å²) in [4.78, 5) is 17.1. The Hall–Kier alpha value is -2.46. The number of fused-ring (bicyclic) bond motifs is 1. The summed E-state index contributed by atoms with van der Waals surface area (Å²) in [5.41, 5.74) is 2.65. The van der Waals surface area contributed by atoms with Gasteiger partial charge in [0.2, 0.25) is 15.9 Å². The van der Waals surface area contributed by atoms with Crippen LogP contribution < -0.4 is 5.32 Å². The van der Waals surface area contributed by atoms with Crippen LogP contribution in [0.4, 0.5) is 5.69 Å². The third-order valence-corrected chi connectivity index (χ3v) is 7.11. The Labute approximate surface area is 179 Å². The number of benzene rings is 1. The molecule has 30 heavy (non-hydrogen) atoms. The van der Waals surface area contributed by atoms with Gasteiger partial charge < -0.3 is 14.5 Å². The van der Waals surface area contributed by atoms with Gasteiger partial charge in [0.15, 0.2) is 0 Å². The highest BCUT2D eigenvalue weighted by atomic mass is 35.5. The summed E-state index contributed by atoms with van der Waals surface area (Å²) in [6, 6.07) is 8.16. The number of sulfonamides is 1. The van der Waals surface area contributed by atoms with Crippen molar-refractivity contribution < 1.29 is 17.9 Å². The minimum atomic E-state index is -3.69. The van der Waals surface area contributed by atoms with E-state index in [1.807, 2.05) is 29.7 Å². The van der Waals surface area contributed by atoms with Crippen LogP contribution in [-0.2, 0) is 26.0 Å². The zero-order valence-electron chi connectivity index (χ0n) is 16.3. The quantitative estimate of drug-likeness (QED) is 0.647. The largest absolute Gasteiger partial charge is 0.379 e. The molecule has 4 rings (SSSR count). The lowest BCUT2D eigenvalue weighted by Gasteiger charge is -2.26. The van der Waals surface area contributed by atoms with Crippen molar-refractivity contribution in [2.24, 2.45) is 0 Å². The molecule has 10 heteroatoms. The van der Waals surface area contributed by atoms with Crippen molar-refractivity contribution in [1.82, 2.24) is 13.7 Å². The van der Waals surface area contributed by atoms with E-state index in [1.165, 1.54) is 22.5 Å². The number of imidazole rings is 1. The van der Waals surface area contributed by atoms with Crippen molar-refractivity contribution in [3.63, 3.8) is 0 Å². The van der Waals surface area contributed by atoms with E-state index in [4.69, 9.17) is 16.3 Å². The molecule has 158 valence electrons. The lowest BCUT2D eigenvalue weighted by Crippen LogP contribution is -2.40. The van der Waals surface area contributed by atoms with Crippen molar-refractivity contribution in [3.05, 3.63) is 59.0 Å². The molecule has 1 aliphatic heterocycles. The standard InChI is InChI=1S/C20H21ClN4O4S/c1-14-3-2-6-24-13-15(22-20(14)24)11-19(26)23-18-12-16(4-5-17(18)21)30(27,28)25-7-9-29-10-8-25/h2-6,12-13H,7-11H2,1H3,(H,23,26). The minimum absolute atomic E-state index is 0.0396. The first-order valence-corrected chi connectivity index (χ1v) is 11.3. The molecular formula is C20H21ClN4O4S. The summed E-state index contributed by atoms with van der Waals surface area (Å²) in [5, 5.41) is 2.96. The highest BCUT2D eigenvalue weighted by molar-refractivity contribution is 7.89. The molecule has 1 amide bonds. The molecule has 1 saturated heterocycles. The average Bonchev–Trinajstić information content (AvgIpc) is 3.14. The van der Waals surface area contributed by atoms with Crippen LogP contribution in [0.2, 0.25) is 5.02 Å². The van der Waals surface area contributed by atoms with Crippen molar-refractivity contribution in [1.29, 1.82) is 0 Å². The number of rotatable bonds is 5. The molecule has 1 N–H and O–H groups in total. The average molecular weight is 449 g/mol. The van der Waals surface area contributed by atoms with Gasteiger partial charge in [-0.05, 0) is 36.8 Å². The molecule has 0 radical (unpaired) electrons. The van der Waals surface area contributed by atoms with Gasteiger partial charge in [0.05, 0.1) is 40.9 Å². The predicted molar refractivity (Wildman–Crippen MR) is 113 cm³/mol. The predicted octanol–water partition coefficient (Wildman–Crippen LogP) is 2.50. The summed E-state index contributed by atoms with van der Waals surface area (Å²) >= 11 is 6.20. The van der Waals surface area contributed by atoms with E-state index in [0.717, 1.165) is 11.2 Å². The Morgan fingerprint density at radius 1 is 1.27 bits per heavy atom. The molecule has 0 saturated carbocycles. The van der Waals surface area contributed by atoms with Gasteiger partial charge in [0.25, 0.3) is 0 Å². The molecule has 1 fully saturated rings. The van der Waals surface area contributed by atoms with Crippen LogP contribution in [0.1, 0.15) is 11.3 Å². The Kier molecular flexibility index (Phi) is 5.79. The summed E-state index contributed by atoms with van der Waals surface area (Å²) < 4.78 is 34.2. The van der Waals surface area contributed by atoms with Crippen molar-refractivity contribution in [2.75, 3.05) is 31.6 Å². The number of pyridine rings is 1. The van der Waals surface area contributed by atoms with Crippen LogP contribution in [0.3, 0.4) is 0 Å². The second kappa shape index (κ2) is 8.35. The highest BCUT2D eigenvalue weighted by Crippen LogP contribution is 2.27. The normalized spacial score (nSPS) is 15.4. The van der Waals surface area contributed by atoms with Gasteiger partial charge in [0.1, 0.15) is 5.65 Å². The second-order valence-electron chi connectivity index (χ2n) is 7.04. The van der Waals surface area contributed by atoms with E-state index >= 15 is 0 Å². The summed E-state index contributed by atoms with van der Waals surface area (Å²) in [5.74, 6) is -0.334. The Morgan fingerprint density at radius 2 is 2.03 bits per heavy atom. The van der Waals surface area contributed by atoms with Crippen molar-refractivity contribution in [3.8, 4) is 0 Å². The van der Waals surface area contributed by atoms with Gasteiger partial charge >= 0.3 is 0 Å². The second-order valence-corrected chi connectivity index (χ2v) is 9.38. The number of nitrogens with one attached hydrogen (secondary N) is 1. The van der Waals surface area contributed by atoms with Gasteiger partial charge in [-0.2, -0.15) is 4.31 Å². The lowest BCUT2D eigenvalue weighted by molar-refractivity contribution is -0.115. The Balaban J connectivity index is 1.52. The number of aryl methyl sites for hydroxylation is 1. The number of anilines is 1. The maximum Gasteiger partial charge on any atom is 0.243 e. The van der Waals surface area contributed by atoms with E-state index in [2.05, 4.69) is 10.3 Å². The zero-order valence-corrected chi connectivity index (χ0v) is 17.9. The van der Waals surface area contributed by atoms with Crippen LogP contribution in [0, 0.1) is 6.92 Å². The number of hydrogen-bond acceptors (Lipinski definition) is 5. The molecule has 8 nitrogen and oxygen atoms in total. The number of hydrogen-bond donors (Lipinski definition) is 1. The molecule has 0 bridgehead atoms. The third-order valence-electron chi connectivity index (χ3n) is 4.89. The van der Waals surface area contributed by atoms with E-state index < -0.39 is 10.0 Å². The molecule has 0 atom stereocenters. The first kappa shape index (κ1) is 20.8. The fraction of sp³-hybridized carbons (Fsp3) is 0.300.